The molecular weight excluding hydrogens is 343 g/mol. The van der Waals surface area contributed by atoms with Crippen LogP contribution < -0.4 is 0 Å². The maximum atomic E-state index is 14.5. The Morgan fingerprint density at radius 3 is 2.59 bits per heavy atom. The first-order valence-electron chi connectivity index (χ1n) is 9.22. The molecule has 2 aliphatic rings. The number of nitrogens with zero attached hydrogens (tertiary/aromatic N) is 4. The number of benzene rings is 2. The SMILES string of the molecule is O=C(c1nc2n(n1)C(c1ccccc1)CC2F)N1CCc2ccccc2C1. The number of rotatable bonds is 2. The van der Waals surface area contributed by atoms with Gasteiger partial charge in [0.1, 0.15) is 0 Å². The highest BCUT2D eigenvalue weighted by molar-refractivity contribution is 5.90. The zero-order valence-corrected chi connectivity index (χ0v) is 14.8. The fraction of sp³-hybridized carbons (Fsp3) is 0.286. The first-order chi connectivity index (χ1) is 13.2. The van der Waals surface area contributed by atoms with E-state index in [-0.39, 0.29) is 23.6 Å². The van der Waals surface area contributed by atoms with E-state index in [2.05, 4.69) is 16.1 Å². The molecule has 5 rings (SSSR count). The molecule has 27 heavy (non-hydrogen) atoms. The highest BCUT2D eigenvalue weighted by Gasteiger charge is 2.37. The van der Waals surface area contributed by atoms with Gasteiger partial charge in [-0.25, -0.2) is 14.1 Å². The summed E-state index contributed by atoms with van der Waals surface area (Å²) in [6.07, 6.45) is -0.0787. The molecule has 6 heteroatoms. The van der Waals surface area contributed by atoms with Crippen molar-refractivity contribution in [1.82, 2.24) is 19.7 Å². The second-order valence-electron chi connectivity index (χ2n) is 7.11. The second-order valence-corrected chi connectivity index (χ2v) is 7.11. The van der Waals surface area contributed by atoms with Crippen LogP contribution in [0.3, 0.4) is 0 Å². The molecule has 2 aliphatic heterocycles. The molecule has 2 atom stereocenters. The average Bonchev–Trinajstić information content (AvgIpc) is 3.28. The predicted molar refractivity (Wildman–Crippen MR) is 98.0 cm³/mol. The lowest BCUT2D eigenvalue weighted by molar-refractivity contribution is 0.0721. The van der Waals surface area contributed by atoms with Crippen molar-refractivity contribution < 1.29 is 9.18 Å². The lowest BCUT2D eigenvalue weighted by atomic mass is 10.00. The number of hydrogen-bond acceptors (Lipinski definition) is 3. The molecule has 0 saturated heterocycles. The summed E-state index contributed by atoms with van der Waals surface area (Å²) in [5.41, 5.74) is 3.40. The maximum absolute atomic E-state index is 14.5. The molecule has 3 aromatic rings. The fourth-order valence-corrected chi connectivity index (χ4v) is 4.03. The molecule has 1 amide bonds. The highest BCUT2D eigenvalue weighted by atomic mass is 19.1. The topological polar surface area (TPSA) is 51.0 Å². The second kappa shape index (κ2) is 6.30. The van der Waals surface area contributed by atoms with Crippen LogP contribution in [-0.2, 0) is 13.0 Å². The number of aromatic nitrogens is 3. The molecule has 3 heterocycles. The molecule has 0 aliphatic carbocycles. The standard InChI is InChI=1S/C21H19FN4O/c22-17-12-18(15-7-2-1-3-8-15)26-20(17)23-19(24-26)21(27)25-11-10-14-6-4-5-9-16(14)13-25/h1-9,17-18H,10-13H2. The van der Waals surface area contributed by atoms with Crippen LogP contribution in [0.4, 0.5) is 4.39 Å². The predicted octanol–water partition coefficient (Wildman–Crippen LogP) is 3.48. The van der Waals surface area contributed by atoms with E-state index in [0.29, 0.717) is 19.5 Å². The van der Waals surface area contributed by atoms with E-state index in [4.69, 9.17) is 0 Å². The number of halogens is 1. The first kappa shape index (κ1) is 16.2. The van der Waals surface area contributed by atoms with E-state index in [1.807, 2.05) is 48.5 Å². The van der Waals surface area contributed by atoms with Crippen LogP contribution in [0.15, 0.2) is 54.6 Å². The number of hydrogen-bond donors (Lipinski definition) is 0. The van der Waals surface area contributed by atoms with E-state index in [0.717, 1.165) is 17.5 Å². The zero-order valence-electron chi connectivity index (χ0n) is 14.8. The third-order valence-electron chi connectivity index (χ3n) is 5.46. The van der Waals surface area contributed by atoms with Gasteiger partial charge in [-0.05, 0) is 23.1 Å². The fourth-order valence-electron chi connectivity index (χ4n) is 4.03. The molecule has 0 fully saturated rings. The molecule has 0 N–H and O–H groups in total. The van der Waals surface area contributed by atoms with Crippen LogP contribution in [0, 0.1) is 0 Å². The van der Waals surface area contributed by atoms with Gasteiger partial charge >= 0.3 is 0 Å². The van der Waals surface area contributed by atoms with E-state index < -0.39 is 6.17 Å². The number of fused-ring (bicyclic) bond motifs is 2. The summed E-state index contributed by atoms with van der Waals surface area (Å²) in [6, 6.07) is 17.6. The summed E-state index contributed by atoms with van der Waals surface area (Å²) < 4.78 is 16.1. The lowest BCUT2D eigenvalue weighted by Crippen LogP contribution is -2.36. The van der Waals surface area contributed by atoms with Crippen LogP contribution in [0.5, 0.6) is 0 Å². The molecule has 5 nitrogen and oxygen atoms in total. The third kappa shape index (κ3) is 2.72. The number of carbonyl (C=O) groups is 1. The van der Waals surface area contributed by atoms with E-state index >= 15 is 0 Å². The third-order valence-corrected chi connectivity index (χ3v) is 5.46. The van der Waals surface area contributed by atoms with Crippen molar-refractivity contribution in [1.29, 1.82) is 0 Å². The van der Waals surface area contributed by atoms with Crippen LogP contribution in [0.2, 0.25) is 0 Å². The highest BCUT2D eigenvalue weighted by Crippen LogP contribution is 2.39. The van der Waals surface area contributed by atoms with Crippen molar-refractivity contribution in [3.05, 3.63) is 82.9 Å². The summed E-state index contributed by atoms with van der Waals surface area (Å²) in [7, 11) is 0. The van der Waals surface area contributed by atoms with Crippen molar-refractivity contribution in [2.45, 2.75) is 31.6 Å². The van der Waals surface area contributed by atoms with Crippen LogP contribution >= 0.6 is 0 Å². The van der Waals surface area contributed by atoms with Crippen molar-refractivity contribution in [3.63, 3.8) is 0 Å². The Balaban J connectivity index is 1.43. The molecule has 0 bridgehead atoms. The minimum atomic E-state index is -1.20. The summed E-state index contributed by atoms with van der Waals surface area (Å²) >= 11 is 0. The minimum Gasteiger partial charge on any atom is -0.331 e. The summed E-state index contributed by atoms with van der Waals surface area (Å²) in [5.74, 6) is 0.114. The van der Waals surface area contributed by atoms with Gasteiger partial charge < -0.3 is 4.90 Å². The van der Waals surface area contributed by atoms with Crippen molar-refractivity contribution in [2.24, 2.45) is 0 Å². The van der Waals surface area contributed by atoms with Gasteiger partial charge in [0.15, 0.2) is 12.0 Å². The van der Waals surface area contributed by atoms with Gasteiger partial charge in [0.05, 0.1) is 6.04 Å². The van der Waals surface area contributed by atoms with Gasteiger partial charge in [-0.3, -0.25) is 4.79 Å². The number of carbonyl (C=O) groups excluding carboxylic acids is 1. The molecule has 136 valence electrons. The summed E-state index contributed by atoms with van der Waals surface area (Å²) in [6.45, 7) is 1.17. The Morgan fingerprint density at radius 1 is 1.04 bits per heavy atom. The molecule has 2 unspecified atom stereocenters. The monoisotopic (exact) mass is 362 g/mol. The van der Waals surface area contributed by atoms with Gasteiger partial charge in [-0.1, -0.05) is 54.6 Å². The Morgan fingerprint density at radius 2 is 1.78 bits per heavy atom. The van der Waals surface area contributed by atoms with Crippen LogP contribution in [-0.4, -0.2) is 32.1 Å². The van der Waals surface area contributed by atoms with Crippen molar-refractivity contribution >= 4 is 5.91 Å². The Labute approximate surface area is 156 Å². The van der Waals surface area contributed by atoms with Gasteiger partial charge in [0.2, 0.25) is 5.82 Å². The molecule has 2 aromatic carbocycles. The Bertz CT molecular complexity index is 1000. The van der Waals surface area contributed by atoms with E-state index in [1.54, 1.807) is 9.58 Å². The average molecular weight is 362 g/mol. The largest absolute Gasteiger partial charge is 0.331 e. The van der Waals surface area contributed by atoms with Crippen molar-refractivity contribution in [2.75, 3.05) is 6.54 Å². The summed E-state index contributed by atoms with van der Waals surface area (Å²) in [4.78, 5) is 18.9. The normalized spacial score (nSPS) is 21.0. The zero-order chi connectivity index (χ0) is 18.4. The van der Waals surface area contributed by atoms with Crippen molar-refractivity contribution in [3.8, 4) is 0 Å². The molecular formula is C21H19FN4O. The Kier molecular flexibility index (Phi) is 3.77. The van der Waals surface area contributed by atoms with Crippen LogP contribution in [0.1, 0.15) is 51.8 Å². The van der Waals surface area contributed by atoms with Crippen LogP contribution in [0.25, 0.3) is 0 Å². The first-order valence-corrected chi connectivity index (χ1v) is 9.22. The number of amides is 1. The molecule has 1 aromatic heterocycles. The summed E-state index contributed by atoms with van der Waals surface area (Å²) in [5, 5.41) is 4.40. The Hall–Kier alpha value is -3.02. The van der Waals surface area contributed by atoms with Gasteiger partial charge in [-0.15, -0.1) is 5.10 Å². The van der Waals surface area contributed by atoms with E-state index in [9.17, 15) is 9.18 Å². The number of alkyl halides is 1. The molecule has 0 saturated carbocycles. The van der Waals surface area contributed by atoms with Gasteiger partial charge in [-0.2, -0.15) is 0 Å². The maximum Gasteiger partial charge on any atom is 0.293 e. The smallest absolute Gasteiger partial charge is 0.293 e. The molecule has 0 spiro atoms. The minimum absolute atomic E-state index is 0.0904. The lowest BCUT2D eigenvalue weighted by Gasteiger charge is -2.27. The van der Waals surface area contributed by atoms with Gasteiger partial charge in [0, 0.05) is 19.5 Å². The van der Waals surface area contributed by atoms with Gasteiger partial charge in [0.25, 0.3) is 5.91 Å². The van der Waals surface area contributed by atoms with E-state index in [1.165, 1.54) is 5.56 Å². The quantitative estimate of drug-likeness (QED) is 0.701. The molecule has 0 radical (unpaired) electrons.